The van der Waals surface area contributed by atoms with E-state index in [1.807, 2.05) is 48.5 Å². The van der Waals surface area contributed by atoms with E-state index in [0.717, 1.165) is 23.1 Å². The van der Waals surface area contributed by atoms with Gasteiger partial charge in [-0.1, -0.05) is 41.9 Å². The van der Waals surface area contributed by atoms with E-state index >= 15 is 0 Å². The topological polar surface area (TPSA) is 38.3 Å². The minimum absolute atomic E-state index is 0.0687. The SMILES string of the molecule is O=C1NCCCO[C@H]1c1cccc(-c2ccc(Cl)cc2)c1. The highest BCUT2D eigenvalue weighted by molar-refractivity contribution is 6.30. The number of carbonyl (C=O) groups excluding carboxylic acids is 1. The van der Waals surface area contributed by atoms with Crippen molar-refractivity contribution < 1.29 is 9.53 Å². The van der Waals surface area contributed by atoms with Crippen LogP contribution in [0.25, 0.3) is 11.1 Å². The van der Waals surface area contributed by atoms with Gasteiger partial charge in [-0.25, -0.2) is 0 Å². The van der Waals surface area contributed by atoms with Crippen LogP contribution in [0.3, 0.4) is 0 Å². The number of hydrogen-bond acceptors (Lipinski definition) is 2. The molecule has 0 spiro atoms. The van der Waals surface area contributed by atoms with Crippen LogP contribution in [-0.2, 0) is 9.53 Å². The first-order valence-electron chi connectivity index (χ1n) is 6.99. The number of rotatable bonds is 2. The highest BCUT2D eigenvalue weighted by atomic mass is 35.5. The zero-order valence-corrected chi connectivity index (χ0v) is 12.3. The molecule has 0 saturated carbocycles. The van der Waals surface area contributed by atoms with Gasteiger partial charge in [0, 0.05) is 18.2 Å². The molecule has 3 nitrogen and oxygen atoms in total. The van der Waals surface area contributed by atoms with Crippen LogP contribution in [0, 0.1) is 0 Å². The summed E-state index contributed by atoms with van der Waals surface area (Å²) in [6.07, 6.45) is 0.318. The fourth-order valence-electron chi connectivity index (χ4n) is 2.42. The Labute approximate surface area is 128 Å². The summed E-state index contributed by atoms with van der Waals surface area (Å²) in [5, 5.41) is 3.59. The van der Waals surface area contributed by atoms with Gasteiger partial charge >= 0.3 is 0 Å². The van der Waals surface area contributed by atoms with Gasteiger partial charge in [-0.15, -0.1) is 0 Å². The third-order valence-corrected chi connectivity index (χ3v) is 3.76. The zero-order chi connectivity index (χ0) is 14.7. The minimum Gasteiger partial charge on any atom is -0.364 e. The molecule has 0 unspecified atom stereocenters. The molecule has 3 rings (SSSR count). The van der Waals surface area contributed by atoms with E-state index in [4.69, 9.17) is 16.3 Å². The van der Waals surface area contributed by atoms with Gasteiger partial charge in [-0.3, -0.25) is 4.79 Å². The van der Waals surface area contributed by atoms with Gasteiger partial charge in [0.1, 0.15) is 0 Å². The number of amides is 1. The van der Waals surface area contributed by atoms with E-state index < -0.39 is 6.10 Å². The molecule has 0 aromatic heterocycles. The highest BCUT2D eigenvalue weighted by Gasteiger charge is 2.23. The van der Waals surface area contributed by atoms with Crippen molar-refractivity contribution in [2.24, 2.45) is 0 Å². The van der Waals surface area contributed by atoms with Crippen LogP contribution < -0.4 is 5.32 Å². The maximum Gasteiger partial charge on any atom is 0.253 e. The fraction of sp³-hybridized carbons (Fsp3) is 0.235. The smallest absolute Gasteiger partial charge is 0.253 e. The zero-order valence-electron chi connectivity index (χ0n) is 11.5. The third kappa shape index (κ3) is 3.26. The highest BCUT2D eigenvalue weighted by Crippen LogP contribution is 2.27. The van der Waals surface area contributed by atoms with E-state index in [1.165, 1.54) is 0 Å². The standard InChI is InChI=1S/C17H16ClNO2/c18-15-7-5-12(6-8-15)13-3-1-4-14(11-13)16-17(20)19-9-2-10-21-16/h1,3-8,11,16H,2,9-10H2,(H,19,20)/t16-/m0/s1. The Morgan fingerprint density at radius 3 is 2.71 bits per heavy atom. The monoisotopic (exact) mass is 301 g/mol. The second kappa shape index (κ2) is 6.29. The van der Waals surface area contributed by atoms with Crippen LogP contribution in [0.4, 0.5) is 0 Å². The quantitative estimate of drug-likeness (QED) is 0.920. The summed E-state index contributed by atoms with van der Waals surface area (Å²) in [5.41, 5.74) is 2.99. The molecule has 0 radical (unpaired) electrons. The minimum atomic E-state index is -0.528. The van der Waals surface area contributed by atoms with Gasteiger partial charge in [0.15, 0.2) is 6.10 Å². The van der Waals surface area contributed by atoms with E-state index in [2.05, 4.69) is 5.32 Å². The summed E-state index contributed by atoms with van der Waals surface area (Å²) in [6, 6.07) is 15.5. The first-order valence-corrected chi connectivity index (χ1v) is 7.37. The largest absolute Gasteiger partial charge is 0.364 e. The molecule has 0 aliphatic carbocycles. The average molecular weight is 302 g/mol. The number of benzene rings is 2. The van der Waals surface area contributed by atoms with Crippen molar-refractivity contribution in [1.82, 2.24) is 5.32 Å². The van der Waals surface area contributed by atoms with Gasteiger partial charge in [0.2, 0.25) is 0 Å². The molecule has 2 aromatic carbocycles. The molecule has 1 atom stereocenters. The Bertz CT molecular complexity index is 639. The molecule has 1 aliphatic rings. The van der Waals surface area contributed by atoms with E-state index in [-0.39, 0.29) is 5.91 Å². The Hall–Kier alpha value is -1.84. The first kappa shape index (κ1) is 14.1. The second-order valence-electron chi connectivity index (χ2n) is 5.03. The number of hydrogen-bond donors (Lipinski definition) is 1. The molecule has 1 heterocycles. The molecule has 2 aromatic rings. The molecular formula is C17H16ClNO2. The molecule has 4 heteroatoms. The van der Waals surface area contributed by atoms with Gasteiger partial charge in [-0.2, -0.15) is 0 Å². The predicted octanol–water partition coefficient (Wildman–Crippen LogP) is 3.58. The molecule has 108 valence electrons. The predicted molar refractivity (Wildman–Crippen MR) is 83.2 cm³/mol. The van der Waals surface area contributed by atoms with E-state index in [0.29, 0.717) is 18.2 Å². The van der Waals surface area contributed by atoms with Crippen molar-refractivity contribution in [1.29, 1.82) is 0 Å². The second-order valence-corrected chi connectivity index (χ2v) is 5.46. The van der Waals surface area contributed by atoms with Crippen LogP contribution >= 0.6 is 11.6 Å². The number of carbonyl (C=O) groups is 1. The molecule has 1 saturated heterocycles. The van der Waals surface area contributed by atoms with Gasteiger partial charge in [-0.05, 0) is 41.3 Å². The molecule has 1 amide bonds. The summed E-state index contributed by atoms with van der Waals surface area (Å²) in [6.45, 7) is 1.26. The number of nitrogens with one attached hydrogen (secondary N) is 1. The Morgan fingerprint density at radius 2 is 1.90 bits per heavy atom. The Morgan fingerprint density at radius 1 is 1.10 bits per heavy atom. The fourth-order valence-corrected chi connectivity index (χ4v) is 2.55. The normalized spacial score (nSPS) is 18.9. The summed E-state index contributed by atoms with van der Waals surface area (Å²) in [5.74, 6) is -0.0687. The summed E-state index contributed by atoms with van der Waals surface area (Å²) in [4.78, 5) is 12.1. The lowest BCUT2D eigenvalue weighted by Crippen LogP contribution is -2.28. The van der Waals surface area contributed by atoms with Crippen molar-refractivity contribution >= 4 is 17.5 Å². The van der Waals surface area contributed by atoms with Crippen LogP contribution in [-0.4, -0.2) is 19.1 Å². The maximum absolute atomic E-state index is 12.1. The van der Waals surface area contributed by atoms with Gasteiger partial charge in [0.25, 0.3) is 5.91 Å². The van der Waals surface area contributed by atoms with E-state index in [9.17, 15) is 4.79 Å². The van der Waals surface area contributed by atoms with Crippen LogP contribution in [0.2, 0.25) is 5.02 Å². The molecular weight excluding hydrogens is 286 g/mol. The van der Waals surface area contributed by atoms with Crippen LogP contribution in [0.5, 0.6) is 0 Å². The van der Waals surface area contributed by atoms with Crippen molar-refractivity contribution in [3.8, 4) is 11.1 Å². The molecule has 1 aliphatic heterocycles. The van der Waals surface area contributed by atoms with Crippen molar-refractivity contribution in [2.45, 2.75) is 12.5 Å². The Kier molecular flexibility index (Phi) is 4.23. The summed E-state index contributed by atoms with van der Waals surface area (Å²) in [7, 11) is 0. The lowest BCUT2D eigenvalue weighted by molar-refractivity contribution is -0.131. The number of halogens is 1. The van der Waals surface area contributed by atoms with Crippen molar-refractivity contribution in [2.75, 3.05) is 13.2 Å². The Balaban J connectivity index is 1.92. The van der Waals surface area contributed by atoms with Crippen LogP contribution in [0.15, 0.2) is 48.5 Å². The molecule has 21 heavy (non-hydrogen) atoms. The molecule has 1 N–H and O–H groups in total. The van der Waals surface area contributed by atoms with E-state index in [1.54, 1.807) is 0 Å². The molecule has 1 fully saturated rings. The summed E-state index contributed by atoms with van der Waals surface area (Å²) >= 11 is 5.92. The number of ether oxygens (including phenoxy) is 1. The third-order valence-electron chi connectivity index (χ3n) is 3.51. The van der Waals surface area contributed by atoms with Crippen molar-refractivity contribution in [3.05, 3.63) is 59.1 Å². The van der Waals surface area contributed by atoms with Gasteiger partial charge in [0.05, 0.1) is 0 Å². The lowest BCUT2D eigenvalue weighted by atomic mass is 10.0. The van der Waals surface area contributed by atoms with Gasteiger partial charge < -0.3 is 10.1 Å². The molecule has 0 bridgehead atoms. The summed E-state index contributed by atoms with van der Waals surface area (Å²) < 4.78 is 5.68. The van der Waals surface area contributed by atoms with Crippen LogP contribution in [0.1, 0.15) is 18.1 Å². The maximum atomic E-state index is 12.1. The lowest BCUT2D eigenvalue weighted by Gasteiger charge is -2.15. The average Bonchev–Trinajstić information content (AvgIpc) is 2.73. The first-order chi connectivity index (χ1) is 10.2. The van der Waals surface area contributed by atoms with Crippen molar-refractivity contribution in [3.63, 3.8) is 0 Å².